The van der Waals surface area contributed by atoms with Crippen LogP contribution in [-0.4, -0.2) is 18.4 Å². The van der Waals surface area contributed by atoms with Gasteiger partial charge in [0.05, 0.1) is 16.6 Å². The molecule has 1 aliphatic rings. The highest BCUT2D eigenvalue weighted by molar-refractivity contribution is 6.35. The molecule has 0 aromatic heterocycles. The molecule has 1 fully saturated rings. The first-order chi connectivity index (χ1) is 7.99. The van der Waals surface area contributed by atoms with Crippen molar-refractivity contribution >= 4 is 40.7 Å². The van der Waals surface area contributed by atoms with Gasteiger partial charge in [0.15, 0.2) is 0 Å². The molecule has 0 bridgehead atoms. The van der Waals surface area contributed by atoms with E-state index in [1.807, 2.05) is 0 Å². The molecule has 2 amide bonds. The average molecular weight is 273 g/mol. The fourth-order valence-electron chi connectivity index (χ4n) is 1.82. The third kappa shape index (κ3) is 2.37. The maximum Gasteiger partial charge on any atom is 0.227 e. The van der Waals surface area contributed by atoms with Crippen LogP contribution in [0.1, 0.15) is 6.42 Å². The molecule has 1 aromatic rings. The second-order valence-corrected chi connectivity index (χ2v) is 4.75. The third-order valence-electron chi connectivity index (χ3n) is 2.73. The van der Waals surface area contributed by atoms with Crippen molar-refractivity contribution in [3.8, 4) is 0 Å². The van der Waals surface area contributed by atoms with Crippen molar-refractivity contribution < 1.29 is 9.59 Å². The fourth-order valence-corrected chi connectivity index (χ4v) is 2.21. The number of benzene rings is 1. The number of carbonyl (C=O) groups excluding carboxylic acids is 2. The maximum absolute atomic E-state index is 11.8. The fraction of sp³-hybridized carbons (Fsp3) is 0.273. The van der Waals surface area contributed by atoms with Crippen molar-refractivity contribution in [2.75, 3.05) is 11.4 Å². The molecule has 90 valence electrons. The molecule has 1 aliphatic heterocycles. The van der Waals surface area contributed by atoms with Crippen LogP contribution in [0.4, 0.5) is 5.69 Å². The van der Waals surface area contributed by atoms with E-state index >= 15 is 0 Å². The van der Waals surface area contributed by atoms with Crippen molar-refractivity contribution in [1.82, 2.24) is 0 Å². The smallest absolute Gasteiger partial charge is 0.227 e. The summed E-state index contributed by atoms with van der Waals surface area (Å²) in [6, 6.07) is 4.86. The van der Waals surface area contributed by atoms with Gasteiger partial charge < -0.3 is 10.6 Å². The van der Waals surface area contributed by atoms with E-state index in [2.05, 4.69) is 0 Å². The summed E-state index contributed by atoms with van der Waals surface area (Å²) in [5.41, 5.74) is 5.71. The summed E-state index contributed by atoms with van der Waals surface area (Å²) in [4.78, 5) is 24.3. The first-order valence-electron chi connectivity index (χ1n) is 5.04. The molecular weight excluding hydrogens is 263 g/mol. The van der Waals surface area contributed by atoms with Crippen LogP contribution in [0.15, 0.2) is 18.2 Å². The normalized spacial score (nSPS) is 19.8. The number of anilines is 1. The molecule has 1 aromatic carbocycles. The van der Waals surface area contributed by atoms with Gasteiger partial charge in [0.25, 0.3) is 0 Å². The average Bonchev–Trinajstić information content (AvgIpc) is 2.64. The molecule has 6 heteroatoms. The Bertz CT molecular complexity index is 490. The number of carbonyl (C=O) groups is 2. The lowest BCUT2D eigenvalue weighted by atomic mass is 10.1. The quantitative estimate of drug-likeness (QED) is 0.893. The van der Waals surface area contributed by atoms with E-state index in [9.17, 15) is 9.59 Å². The lowest BCUT2D eigenvalue weighted by molar-refractivity contribution is -0.123. The van der Waals surface area contributed by atoms with Crippen molar-refractivity contribution in [3.05, 3.63) is 28.2 Å². The Balaban J connectivity index is 2.32. The Morgan fingerprint density at radius 3 is 2.71 bits per heavy atom. The predicted octanol–water partition coefficient (Wildman–Crippen LogP) is 1.83. The van der Waals surface area contributed by atoms with Gasteiger partial charge in [0.2, 0.25) is 11.8 Å². The van der Waals surface area contributed by atoms with Gasteiger partial charge in [-0.25, -0.2) is 0 Å². The summed E-state index contributed by atoms with van der Waals surface area (Å²) in [6.07, 6.45) is 0.123. The van der Waals surface area contributed by atoms with Gasteiger partial charge in [-0.15, -0.1) is 0 Å². The summed E-state index contributed by atoms with van der Waals surface area (Å²) in [5, 5.41) is 0.910. The van der Waals surface area contributed by atoms with E-state index < -0.39 is 11.8 Å². The Morgan fingerprint density at radius 1 is 1.41 bits per heavy atom. The van der Waals surface area contributed by atoms with Crippen LogP contribution in [0.2, 0.25) is 10.0 Å². The summed E-state index contributed by atoms with van der Waals surface area (Å²) < 4.78 is 0. The molecule has 2 N–H and O–H groups in total. The number of nitrogens with zero attached hydrogens (tertiary/aromatic N) is 1. The number of amides is 2. The Labute approximate surface area is 108 Å². The highest BCUT2D eigenvalue weighted by Crippen LogP contribution is 2.33. The minimum Gasteiger partial charge on any atom is -0.369 e. The second-order valence-electron chi connectivity index (χ2n) is 3.90. The molecule has 0 aliphatic carbocycles. The number of hydrogen-bond acceptors (Lipinski definition) is 2. The zero-order valence-electron chi connectivity index (χ0n) is 8.82. The van der Waals surface area contributed by atoms with Gasteiger partial charge in [-0.05, 0) is 18.2 Å². The number of primary amides is 1. The predicted molar refractivity (Wildman–Crippen MR) is 66.1 cm³/mol. The topological polar surface area (TPSA) is 63.4 Å². The number of hydrogen-bond donors (Lipinski definition) is 1. The van der Waals surface area contributed by atoms with E-state index in [0.717, 1.165) is 0 Å². The van der Waals surface area contributed by atoms with E-state index in [0.29, 0.717) is 15.7 Å². The van der Waals surface area contributed by atoms with Crippen LogP contribution >= 0.6 is 23.2 Å². The zero-order chi connectivity index (χ0) is 12.6. The summed E-state index contributed by atoms with van der Waals surface area (Å²) >= 11 is 11.9. The van der Waals surface area contributed by atoms with Gasteiger partial charge >= 0.3 is 0 Å². The molecule has 0 unspecified atom stereocenters. The molecule has 1 atom stereocenters. The van der Waals surface area contributed by atoms with Crippen LogP contribution in [0, 0.1) is 5.92 Å². The van der Waals surface area contributed by atoms with Crippen LogP contribution < -0.4 is 10.6 Å². The van der Waals surface area contributed by atoms with Crippen molar-refractivity contribution in [2.45, 2.75) is 6.42 Å². The van der Waals surface area contributed by atoms with Crippen LogP contribution in [0.3, 0.4) is 0 Å². The Hall–Kier alpha value is -1.26. The van der Waals surface area contributed by atoms with Gasteiger partial charge in [-0.2, -0.15) is 0 Å². The third-order valence-corrected chi connectivity index (χ3v) is 3.28. The largest absolute Gasteiger partial charge is 0.369 e. The monoisotopic (exact) mass is 272 g/mol. The van der Waals surface area contributed by atoms with Gasteiger partial charge in [-0.3, -0.25) is 9.59 Å². The molecule has 1 saturated heterocycles. The van der Waals surface area contributed by atoms with Crippen LogP contribution in [0.5, 0.6) is 0 Å². The first kappa shape index (κ1) is 12.2. The standard InChI is InChI=1S/C11H10Cl2N2O2/c12-7-1-2-8(13)9(4-7)15-5-6(11(14)17)3-10(15)16/h1-2,4,6H,3,5H2,(H2,14,17)/t6-/m0/s1. The summed E-state index contributed by atoms with van der Waals surface area (Å²) in [6.45, 7) is 0.258. The SMILES string of the molecule is NC(=O)[C@H]1CC(=O)N(c2cc(Cl)ccc2Cl)C1. The van der Waals surface area contributed by atoms with Crippen molar-refractivity contribution in [1.29, 1.82) is 0 Å². The lowest BCUT2D eigenvalue weighted by Crippen LogP contribution is -2.28. The number of halogens is 2. The lowest BCUT2D eigenvalue weighted by Gasteiger charge is -2.17. The molecule has 0 saturated carbocycles. The molecule has 0 radical (unpaired) electrons. The minimum atomic E-state index is -0.473. The Kier molecular flexibility index (Phi) is 3.26. The van der Waals surface area contributed by atoms with E-state index in [1.165, 1.54) is 4.90 Å². The summed E-state index contributed by atoms with van der Waals surface area (Å²) in [5.74, 6) is -1.10. The van der Waals surface area contributed by atoms with Gasteiger partial charge in [0, 0.05) is 18.0 Å². The first-order valence-corrected chi connectivity index (χ1v) is 5.79. The molecular formula is C11H10Cl2N2O2. The number of rotatable bonds is 2. The van der Waals surface area contributed by atoms with E-state index in [4.69, 9.17) is 28.9 Å². The van der Waals surface area contributed by atoms with Crippen LogP contribution in [-0.2, 0) is 9.59 Å². The Morgan fingerprint density at radius 2 is 2.12 bits per heavy atom. The molecule has 17 heavy (non-hydrogen) atoms. The second kappa shape index (κ2) is 4.55. The van der Waals surface area contributed by atoms with Crippen molar-refractivity contribution in [2.24, 2.45) is 11.7 Å². The minimum absolute atomic E-state index is 0.123. The van der Waals surface area contributed by atoms with E-state index in [-0.39, 0.29) is 18.9 Å². The highest BCUT2D eigenvalue weighted by atomic mass is 35.5. The molecule has 2 rings (SSSR count). The molecule has 1 heterocycles. The van der Waals surface area contributed by atoms with Crippen LogP contribution in [0.25, 0.3) is 0 Å². The zero-order valence-corrected chi connectivity index (χ0v) is 10.3. The number of nitrogens with two attached hydrogens (primary N) is 1. The molecule has 4 nitrogen and oxygen atoms in total. The molecule has 0 spiro atoms. The highest BCUT2D eigenvalue weighted by Gasteiger charge is 2.34. The van der Waals surface area contributed by atoms with Gasteiger partial charge in [0.1, 0.15) is 0 Å². The van der Waals surface area contributed by atoms with Crippen molar-refractivity contribution in [3.63, 3.8) is 0 Å². The van der Waals surface area contributed by atoms with Gasteiger partial charge in [-0.1, -0.05) is 23.2 Å². The van der Waals surface area contributed by atoms with E-state index in [1.54, 1.807) is 18.2 Å². The maximum atomic E-state index is 11.8. The summed E-state index contributed by atoms with van der Waals surface area (Å²) in [7, 11) is 0.